The molecule has 0 rings (SSSR count). The van der Waals surface area contributed by atoms with E-state index in [0.717, 1.165) is 0 Å². The summed E-state index contributed by atoms with van der Waals surface area (Å²) in [6.07, 6.45) is 0. The minimum Gasteiger partial charge on any atom is -0.545 e. The zero-order chi connectivity index (χ0) is 6.08. The number of halogens is 3. The van der Waals surface area contributed by atoms with Crippen molar-refractivity contribution in [2.24, 2.45) is 0 Å². The van der Waals surface area contributed by atoms with Crippen molar-refractivity contribution >= 4 is 68.1 Å². The molecular weight excluding hydrogens is 367 g/mol. The van der Waals surface area contributed by atoms with Crippen LogP contribution in [-0.4, -0.2) is 37.1 Å². The maximum absolute atomic E-state index is 9.51. The predicted molar refractivity (Wildman–Crippen MR) is 31.1 cm³/mol. The Morgan fingerprint density at radius 1 is 1.38 bits per heavy atom. The van der Waals surface area contributed by atoms with E-state index in [1.54, 1.807) is 0 Å². The molecule has 0 saturated carbocycles. The molecule has 0 fully saturated rings. The van der Waals surface area contributed by atoms with E-state index < -0.39 is 9.76 Å². The van der Waals surface area contributed by atoms with Gasteiger partial charge in [-0.05, 0) is 0 Å². The molecule has 6 heteroatoms. The summed E-state index contributed by atoms with van der Waals surface area (Å²) in [5.41, 5.74) is 0. The van der Waals surface area contributed by atoms with Crippen molar-refractivity contribution in [2.45, 2.75) is 3.79 Å². The molecule has 0 bridgehead atoms. The summed E-state index contributed by atoms with van der Waals surface area (Å²) in [6, 6.07) is 0. The summed E-state index contributed by atoms with van der Waals surface area (Å²) < 4.78 is -2.28. The van der Waals surface area contributed by atoms with Gasteiger partial charge in [0.2, 0.25) is 3.79 Å². The molecule has 0 aliphatic rings. The van der Waals surface area contributed by atoms with Gasteiger partial charge in [-0.25, -0.2) is 0 Å². The summed E-state index contributed by atoms with van der Waals surface area (Å²) in [5.74, 6) is -1.71. The smallest absolute Gasteiger partial charge is 0.545 e. The van der Waals surface area contributed by atoms with Gasteiger partial charge in [0.05, 0.1) is 5.97 Å². The Morgan fingerprint density at radius 2 is 1.50 bits per heavy atom. The van der Waals surface area contributed by atoms with Gasteiger partial charge >= 0.3 is 27.3 Å². The van der Waals surface area contributed by atoms with Crippen LogP contribution in [0.5, 0.6) is 0 Å². The first kappa shape index (κ1) is 12.0. The van der Waals surface area contributed by atoms with Gasteiger partial charge in [-0.2, -0.15) is 0 Å². The molecule has 44 valence electrons. The number of hydrogen-bond acceptors (Lipinski definition) is 2. The molecule has 0 spiro atoms. The molecule has 0 unspecified atom stereocenters. The average molecular weight is 367 g/mol. The molecule has 2 nitrogen and oxygen atoms in total. The van der Waals surface area contributed by atoms with Crippen LogP contribution >= 0.6 is 34.8 Å². The number of carboxylic acids is 1. The predicted octanol–water partition coefficient (Wildman–Crippen LogP) is -0.274. The van der Waals surface area contributed by atoms with Crippen LogP contribution in [0.3, 0.4) is 0 Å². The van der Waals surface area contributed by atoms with Crippen molar-refractivity contribution < 1.29 is 9.90 Å². The van der Waals surface area contributed by atoms with Crippen LogP contribution in [0.15, 0.2) is 0 Å². The molecule has 0 heterocycles. The molecule has 0 N–H and O–H groups in total. The Bertz CT molecular complexity index is 87.8. The SMILES string of the molecule is O=C([O-])C(Cl)(Cl)Cl.[Tl+]. The van der Waals surface area contributed by atoms with Gasteiger partial charge in [0.1, 0.15) is 0 Å². The molecule has 0 amide bonds. The summed E-state index contributed by atoms with van der Waals surface area (Å²) in [7, 11) is 0. The maximum atomic E-state index is 9.51. The van der Waals surface area contributed by atoms with Crippen LogP contribution < -0.4 is 5.11 Å². The first-order valence-electron chi connectivity index (χ1n) is 1.23. The van der Waals surface area contributed by atoms with Crippen LogP contribution in [0.2, 0.25) is 0 Å². The Kier molecular flexibility index (Phi) is 6.20. The zero-order valence-electron chi connectivity index (χ0n) is 3.53. The first-order valence-corrected chi connectivity index (χ1v) is 2.36. The van der Waals surface area contributed by atoms with E-state index in [-0.39, 0.29) is 27.3 Å². The third kappa shape index (κ3) is 5.40. The van der Waals surface area contributed by atoms with Gasteiger partial charge in [0, 0.05) is 0 Å². The minimum atomic E-state index is -2.28. The quantitative estimate of drug-likeness (QED) is 0.437. The fraction of sp³-hybridized carbons (Fsp3) is 0.500. The number of alkyl halides is 3. The van der Waals surface area contributed by atoms with Gasteiger partial charge < -0.3 is 9.90 Å². The summed E-state index contributed by atoms with van der Waals surface area (Å²) in [4.78, 5) is 9.51. The molecule has 0 aromatic carbocycles. The number of rotatable bonds is 0. The summed E-state index contributed by atoms with van der Waals surface area (Å²) in [5, 5.41) is 9.51. The average Bonchev–Trinajstić information content (AvgIpc) is 1.31. The van der Waals surface area contributed by atoms with Gasteiger partial charge in [-0.1, -0.05) is 34.8 Å². The molecule has 0 aromatic rings. The summed E-state index contributed by atoms with van der Waals surface area (Å²) in [6.45, 7) is 0. The number of carbonyl (C=O) groups excluding carboxylic acids is 1. The van der Waals surface area contributed by atoms with Crippen molar-refractivity contribution in [1.82, 2.24) is 0 Å². The second kappa shape index (κ2) is 4.14. The van der Waals surface area contributed by atoms with Gasteiger partial charge in [-0.15, -0.1) is 0 Å². The van der Waals surface area contributed by atoms with E-state index in [1.807, 2.05) is 0 Å². The molecule has 0 aromatic heterocycles. The van der Waals surface area contributed by atoms with Crippen molar-refractivity contribution in [3.8, 4) is 0 Å². The molecular formula is C2Cl3O2Tl. The van der Waals surface area contributed by atoms with Crippen LogP contribution in [0.1, 0.15) is 0 Å². The fourth-order valence-corrected chi connectivity index (χ4v) is 0. The number of carbonyl (C=O) groups is 1. The van der Waals surface area contributed by atoms with Gasteiger partial charge in [0.15, 0.2) is 0 Å². The largest absolute Gasteiger partial charge is 1.00 e. The van der Waals surface area contributed by atoms with E-state index >= 15 is 0 Å². The maximum Gasteiger partial charge on any atom is 1.00 e. The third-order valence-electron chi connectivity index (χ3n) is 0.231. The second-order valence-electron chi connectivity index (χ2n) is 0.785. The van der Waals surface area contributed by atoms with E-state index in [1.165, 1.54) is 0 Å². The Balaban J connectivity index is 0. The Labute approximate surface area is 81.3 Å². The van der Waals surface area contributed by atoms with Crippen molar-refractivity contribution in [3.63, 3.8) is 0 Å². The van der Waals surface area contributed by atoms with Crippen LogP contribution in [0, 0.1) is 0 Å². The monoisotopic (exact) mass is 366 g/mol. The van der Waals surface area contributed by atoms with Gasteiger partial charge in [0.25, 0.3) is 0 Å². The van der Waals surface area contributed by atoms with Crippen LogP contribution in [-0.2, 0) is 4.79 Å². The molecule has 0 saturated heterocycles. The molecule has 0 atom stereocenters. The van der Waals surface area contributed by atoms with Crippen molar-refractivity contribution in [2.75, 3.05) is 0 Å². The first-order chi connectivity index (χ1) is 2.94. The topological polar surface area (TPSA) is 40.1 Å². The fourth-order valence-electron chi connectivity index (χ4n) is 0. The van der Waals surface area contributed by atoms with Gasteiger partial charge in [-0.3, -0.25) is 0 Å². The van der Waals surface area contributed by atoms with Crippen molar-refractivity contribution in [3.05, 3.63) is 0 Å². The summed E-state index contributed by atoms with van der Waals surface area (Å²) >= 11 is 14.2. The molecule has 0 aliphatic carbocycles. The minimum absolute atomic E-state index is 0. The standard InChI is InChI=1S/C2HCl3O2.Tl/c3-2(4,5)1(6)7;/h(H,6,7);/q;+1/p-1. The van der Waals surface area contributed by atoms with E-state index in [4.69, 9.17) is 34.8 Å². The van der Waals surface area contributed by atoms with Crippen molar-refractivity contribution in [1.29, 1.82) is 0 Å². The molecule has 8 heavy (non-hydrogen) atoms. The number of aliphatic carboxylic acids is 1. The molecule has 0 radical (unpaired) electrons. The molecule has 0 aliphatic heterocycles. The Morgan fingerprint density at radius 3 is 1.50 bits per heavy atom. The number of carboxylic acid groups (broad SMARTS) is 1. The Hall–Kier alpha value is 1.26. The number of hydrogen-bond donors (Lipinski definition) is 0. The van der Waals surface area contributed by atoms with Crippen LogP contribution in [0.4, 0.5) is 0 Å². The third-order valence-corrected chi connectivity index (χ3v) is 0.694. The van der Waals surface area contributed by atoms with E-state index in [2.05, 4.69) is 0 Å². The normalized spacial score (nSPS) is 9.88. The van der Waals surface area contributed by atoms with E-state index in [0.29, 0.717) is 0 Å². The van der Waals surface area contributed by atoms with Crippen LogP contribution in [0.25, 0.3) is 0 Å². The van der Waals surface area contributed by atoms with E-state index in [9.17, 15) is 9.90 Å². The second-order valence-corrected chi connectivity index (χ2v) is 3.07. The zero-order valence-corrected chi connectivity index (χ0v) is 10.3.